The average Bonchev–Trinajstić information content (AvgIpc) is 2.56. The molecular weight excluding hydrogens is 371 g/mol. The van der Waals surface area contributed by atoms with Crippen LogP contribution in [-0.4, -0.2) is 20.6 Å². The van der Waals surface area contributed by atoms with Crippen LogP contribution < -0.4 is 0 Å². The van der Waals surface area contributed by atoms with Gasteiger partial charge in [0.05, 0.1) is 0 Å². The van der Waals surface area contributed by atoms with Crippen molar-refractivity contribution in [1.29, 1.82) is 0 Å². The van der Waals surface area contributed by atoms with Gasteiger partial charge in [-0.2, -0.15) is 0 Å². The van der Waals surface area contributed by atoms with Gasteiger partial charge in [0, 0.05) is 5.88 Å². The molecule has 0 heterocycles. The lowest BCUT2D eigenvalue weighted by Crippen LogP contribution is -1.84. The van der Waals surface area contributed by atoms with Crippen LogP contribution in [0, 0.1) is 0 Å². The van der Waals surface area contributed by atoms with Crippen molar-refractivity contribution >= 4 is 19.4 Å². The molecule has 6 heteroatoms. The minimum atomic E-state index is -4.64. The zero-order valence-corrected chi connectivity index (χ0v) is 18.7. The summed E-state index contributed by atoms with van der Waals surface area (Å²) in [5.41, 5.74) is 0. The molecule has 0 aliphatic heterocycles. The maximum atomic E-state index is 8.88. The topological polar surface area (TPSA) is 77.8 Å². The third kappa shape index (κ3) is 39.5. The summed E-state index contributed by atoms with van der Waals surface area (Å²) in [5, 5.41) is 0. The summed E-state index contributed by atoms with van der Waals surface area (Å²) in [6, 6.07) is 0. The van der Waals surface area contributed by atoms with Gasteiger partial charge in [-0.25, -0.2) is 4.57 Å². The fraction of sp³-hybridized carbons (Fsp3) is 1.00. The lowest BCUT2D eigenvalue weighted by Gasteiger charge is -2.03. The summed E-state index contributed by atoms with van der Waals surface area (Å²) in [6.07, 6.45) is 25.8. The van der Waals surface area contributed by atoms with E-state index in [0.29, 0.717) is 0 Å². The second-order valence-electron chi connectivity index (χ2n) is 7.21. The predicted octanol–water partition coefficient (Wildman–Crippen LogP) is 7.34. The summed E-state index contributed by atoms with van der Waals surface area (Å²) in [4.78, 5) is 21.6. The fourth-order valence-electron chi connectivity index (χ4n) is 3.00. The molecule has 26 heavy (non-hydrogen) atoms. The Balaban J connectivity index is 0. The van der Waals surface area contributed by atoms with Gasteiger partial charge in [0.2, 0.25) is 0 Å². The minimum absolute atomic E-state index is 0.846. The van der Waals surface area contributed by atoms with E-state index in [4.69, 9.17) is 30.8 Å². The van der Waals surface area contributed by atoms with Crippen LogP contribution in [0.2, 0.25) is 0 Å². The summed E-state index contributed by atoms with van der Waals surface area (Å²) in [6.45, 7) is 2.29. The number of halogens is 1. The van der Waals surface area contributed by atoms with Crippen LogP contribution in [0.5, 0.6) is 0 Å². The Morgan fingerprint density at radius 1 is 0.538 bits per heavy atom. The van der Waals surface area contributed by atoms with Gasteiger partial charge in [0.15, 0.2) is 0 Å². The molecule has 0 rings (SSSR count). The van der Waals surface area contributed by atoms with Crippen LogP contribution in [0.15, 0.2) is 0 Å². The number of alkyl halides is 1. The minimum Gasteiger partial charge on any atom is -0.303 e. The number of rotatable bonds is 18. The van der Waals surface area contributed by atoms with Gasteiger partial charge in [-0.3, -0.25) is 0 Å². The highest BCUT2D eigenvalue weighted by molar-refractivity contribution is 7.45. The first-order valence-corrected chi connectivity index (χ1v) is 12.9. The van der Waals surface area contributed by atoms with E-state index in [2.05, 4.69) is 6.92 Å². The van der Waals surface area contributed by atoms with Gasteiger partial charge >= 0.3 is 7.82 Å². The predicted molar refractivity (Wildman–Crippen MR) is 114 cm³/mol. The molecule has 0 aromatic carbocycles. The lowest BCUT2D eigenvalue weighted by atomic mass is 10.0. The van der Waals surface area contributed by atoms with Crippen molar-refractivity contribution in [2.75, 3.05) is 5.88 Å². The van der Waals surface area contributed by atoms with Crippen molar-refractivity contribution in [3.8, 4) is 0 Å². The van der Waals surface area contributed by atoms with E-state index < -0.39 is 7.82 Å². The molecule has 0 bridgehead atoms. The van der Waals surface area contributed by atoms with Gasteiger partial charge < -0.3 is 14.7 Å². The van der Waals surface area contributed by atoms with Crippen molar-refractivity contribution in [3.63, 3.8) is 0 Å². The Morgan fingerprint density at radius 2 is 0.731 bits per heavy atom. The number of hydrogen-bond donors (Lipinski definition) is 3. The zero-order valence-electron chi connectivity index (χ0n) is 17.0. The molecule has 0 spiro atoms. The maximum Gasteiger partial charge on any atom is 0.466 e. The molecule has 0 radical (unpaired) electrons. The smallest absolute Gasteiger partial charge is 0.303 e. The first kappa shape index (κ1) is 28.6. The Labute approximate surface area is 167 Å². The number of unbranched alkanes of at least 4 members (excludes halogenated alkanes) is 17. The number of phosphoric acid groups is 1. The third-order valence-corrected chi connectivity index (χ3v) is 4.75. The van der Waals surface area contributed by atoms with E-state index in [1.165, 1.54) is 116 Å². The Morgan fingerprint density at radius 3 is 0.923 bits per heavy atom. The second-order valence-corrected chi connectivity index (χ2v) is 8.62. The molecule has 0 aromatic rings. The number of hydrogen-bond acceptors (Lipinski definition) is 1. The first-order chi connectivity index (χ1) is 12.4. The zero-order chi connectivity index (χ0) is 19.9. The van der Waals surface area contributed by atoms with Crippen LogP contribution in [0.4, 0.5) is 0 Å². The SMILES string of the molecule is CCCCCCCCCCCCCCCCCCCCCl.O=P(O)(O)O. The quantitative estimate of drug-likeness (QED) is 0.124. The maximum absolute atomic E-state index is 8.88. The van der Waals surface area contributed by atoms with Crippen LogP contribution in [0.3, 0.4) is 0 Å². The van der Waals surface area contributed by atoms with Crippen LogP contribution in [0.1, 0.15) is 122 Å². The Hall–Kier alpha value is 0.400. The molecule has 160 valence electrons. The highest BCUT2D eigenvalue weighted by atomic mass is 35.5. The first-order valence-electron chi connectivity index (χ1n) is 10.8. The Kier molecular flexibility index (Phi) is 25.8. The fourth-order valence-corrected chi connectivity index (χ4v) is 3.19. The van der Waals surface area contributed by atoms with Gasteiger partial charge in [0.25, 0.3) is 0 Å². The molecule has 0 aliphatic carbocycles. The molecule has 0 aromatic heterocycles. The van der Waals surface area contributed by atoms with E-state index in [0.717, 1.165) is 5.88 Å². The largest absolute Gasteiger partial charge is 0.466 e. The molecule has 0 saturated heterocycles. The molecule has 0 fully saturated rings. The van der Waals surface area contributed by atoms with Crippen LogP contribution in [0.25, 0.3) is 0 Å². The molecule has 0 atom stereocenters. The van der Waals surface area contributed by atoms with E-state index >= 15 is 0 Å². The van der Waals surface area contributed by atoms with Crippen LogP contribution in [-0.2, 0) is 4.57 Å². The summed E-state index contributed by atoms with van der Waals surface area (Å²) in [5.74, 6) is 0.846. The monoisotopic (exact) mass is 414 g/mol. The highest BCUT2D eigenvalue weighted by Gasteiger charge is 2.00. The molecule has 0 amide bonds. The van der Waals surface area contributed by atoms with E-state index in [1.807, 2.05) is 0 Å². The normalized spacial score (nSPS) is 11.3. The van der Waals surface area contributed by atoms with Gasteiger partial charge in [-0.1, -0.05) is 116 Å². The summed E-state index contributed by atoms with van der Waals surface area (Å²) >= 11 is 5.67. The third-order valence-electron chi connectivity index (χ3n) is 4.49. The van der Waals surface area contributed by atoms with Crippen molar-refractivity contribution < 1.29 is 19.2 Å². The average molecular weight is 415 g/mol. The molecule has 0 saturated carbocycles. The van der Waals surface area contributed by atoms with Gasteiger partial charge in [0.1, 0.15) is 0 Å². The second kappa shape index (κ2) is 23.4. The molecule has 4 nitrogen and oxygen atoms in total. The van der Waals surface area contributed by atoms with Crippen molar-refractivity contribution in [1.82, 2.24) is 0 Å². The van der Waals surface area contributed by atoms with Crippen molar-refractivity contribution in [2.45, 2.75) is 122 Å². The molecule has 0 aliphatic rings. The molecule has 0 unspecified atom stereocenters. The van der Waals surface area contributed by atoms with Gasteiger partial charge in [-0.15, -0.1) is 11.6 Å². The standard InChI is InChI=1S/C20H41Cl.H3O4P/c1-2-3-4-5-6-7-8-9-10-11-12-13-14-15-16-17-18-19-20-21;1-5(2,3)4/h2-20H2,1H3;(H3,1,2,3,4). The van der Waals surface area contributed by atoms with E-state index in [-0.39, 0.29) is 0 Å². The highest BCUT2D eigenvalue weighted by Crippen LogP contribution is 2.25. The van der Waals surface area contributed by atoms with Crippen molar-refractivity contribution in [2.24, 2.45) is 0 Å². The summed E-state index contributed by atoms with van der Waals surface area (Å²) < 4.78 is 8.88. The molecule has 3 N–H and O–H groups in total. The van der Waals surface area contributed by atoms with E-state index in [1.54, 1.807) is 0 Å². The summed E-state index contributed by atoms with van der Waals surface area (Å²) in [7, 11) is -4.64. The van der Waals surface area contributed by atoms with Crippen LogP contribution >= 0.6 is 19.4 Å². The van der Waals surface area contributed by atoms with Gasteiger partial charge in [-0.05, 0) is 6.42 Å². The van der Waals surface area contributed by atoms with Crippen molar-refractivity contribution in [3.05, 3.63) is 0 Å². The molecular formula is C20H44ClO4P. The Bertz CT molecular complexity index is 271. The van der Waals surface area contributed by atoms with E-state index in [9.17, 15) is 0 Å². The lowest BCUT2D eigenvalue weighted by molar-refractivity contribution is 0.275.